The van der Waals surface area contributed by atoms with Gasteiger partial charge >= 0.3 is 6.18 Å². The van der Waals surface area contributed by atoms with Gasteiger partial charge < -0.3 is 0 Å². The molecule has 0 N–H and O–H groups in total. The SMILES string of the molecule is Fc1c(I)ncc(C(F)F)c1C(F)(F)F. The van der Waals surface area contributed by atoms with Gasteiger partial charge in [-0.2, -0.15) is 13.2 Å². The molecule has 1 nitrogen and oxygen atoms in total. The van der Waals surface area contributed by atoms with E-state index in [4.69, 9.17) is 0 Å². The first-order valence-corrected chi connectivity index (χ1v) is 4.52. The fourth-order valence-corrected chi connectivity index (χ4v) is 1.34. The Morgan fingerprint density at radius 2 is 1.80 bits per heavy atom. The molecule has 0 spiro atoms. The quantitative estimate of drug-likeness (QED) is 0.430. The van der Waals surface area contributed by atoms with Gasteiger partial charge in [0.25, 0.3) is 6.43 Å². The Kier molecular flexibility index (Phi) is 3.46. The molecule has 1 aromatic rings. The van der Waals surface area contributed by atoms with Gasteiger partial charge in [-0.1, -0.05) is 0 Å². The largest absolute Gasteiger partial charge is 0.419 e. The minimum Gasteiger partial charge on any atom is -0.247 e. The minimum absolute atomic E-state index is 0.332. The summed E-state index contributed by atoms with van der Waals surface area (Å²) in [6, 6.07) is 0. The maximum Gasteiger partial charge on any atom is 0.419 e. The van der Waals surface area contributed by atoms with E-state index in [-0.39, 0.29) is 0 Å². The second-order valence-electron chi connectivity index (χ2n) is 2.49. The lowest BCUT2D eigenvalue weighted by molar-refractivity contribution is -0.142. The van der Waals surface area contributed by atoms with Crippen LogP contribution in [0.2, 0.25) is 0 Å². The van der Waals surface area contributed by atoms with Crippen molar-refractivity contribution in [3.63, 3.8) is 0 Å². The molecule has 1 aromatic heterocycles. The van der Waals surface area contributed by atoms with E-state index in [1.54, 1.807) is 0 Å². The third-order valence-electron chi connectivity index (χ3n) is 1.52. The number of nitrogens with zero attached hydrogens (tertiary/aromatic N) is 1. The number of alkyl halides is 5. The van der Waals surface area contributed by atoms with Crippen molar-refractivity contribution in [1.29, 1.82) is 0 Å². The average molecular weight is 341 g/mol. The van der Waals surface area contributed by atoms with E-state index < -0.39 is 33.2 Å². The van der Waals surface area contributed by atoms with Crippen molar-refractivity contribution in [3.8, 4) is 0 Å². The Morgan fingerprint density at radius 1 is 1.27 bits per heavy atom. The van der Waals surface area contributed by atoms with Crippen LogP contribution in [0.4, 0.5) is 26.3 Å². The lowest BCUT2D eigenvalue weighted by Gasteiger charge is -2.13. The number of rotatable bonds is 1. The van der Waals surface area contributed by atoms with Crippen molar-refractivity contribution >= 4 is 22.6 Å². The highest BCUT2D eigenvalue weighted by molar-refractivity contribution is 14.1. The Bertz CT molecular complexity index is 374. The van der Waals surface area contributed by atoms with Crippen LogP contribution in [0.1, 0.15) is 17.6 Å². The minimum atomic E-state index is -5.15. The second-order valence-corrected chi connectivity index (χ2v) is 3.51. The maximum absolute atomic E-state index is 13.0. The first kappa shape index (κ1) is 12.5. The summed E-state index contributed by atoms with van der Waals surface area (Å²) in [6.45, 7) is 0. The van der Waals surface area contributed by atoms with Crippen LogP contribution in [-0.4, -0.2) is 4.98 Å². The van der Waals surface area contributed by atoms with Gasteiger partial charge in [0.05, 0.1) is 5.56 Å². The third-order valence-corrected chi connectivity index (χ3v) is 2.28. The van der Waals surface area contributed by atoms with Crippen LogP contribution in [0.25, 0.3) is 0 Å². The van der Waals surface area contributed by atoms with E-state index in [0.717, 1.165) is 0 Å². The highest BCUT2D eigenvalue weighted by Crippen LogP contribution is 2.38. The van der Waals surface area contributed by atoms with E-state index in [1.165, 1.54) is 22.6 Å². The number of halogens is 7. The predicted octanol–water partition coefficient (Wildman–Crippen LogP) is 3.78. The number of aromatic nitrogens is 1. The molecule has 1 rings (SSSR count). The molecule has 1 heterocycles. The van der Waals surface area contributed by atoms with E-state index in [9.17, 15) is 26.3 Å². The van der Waals surface area contributed by atoms with Crippen molar-refractivity contribution in [1.82, 2.24) is 4.98 Å². The normalized spacial score (nSPS) is 12.3. The topological polar surface area (TPSA) is 12.9 Å². The molecule has 0 fully saturated rings. The molecule has 0 aromatic carbocycles. The summed E-state index contributed by atoms with van der Waals surface area (Å²) < 4.78 is 73.5. The predicted molar refractivity (Wildman–Crippen MR) is 46.9 cm³/mol. The van der Waals surface area contributed by atoms with E-state index in [2.05, 4.69) is 4.98 Å². The number of hydrogen-bond acceptors (Lipinski definition) is 1. The highest BCUT2D eigenvalue weighted by Gasteiger charge is 2.40. The molecule has 0 aliphatic carbocycles. The molecule has 0 atom stereocenters. The van der Waals surface area contributed by atoms with E-state index in [1.807, 2.05) is 0 Å². The molecule has 84 valence electrons. The Morgan fingerprint density at radius 3 is 2.20 bits per heavy atom. The maximum atomic E-state index is 13.0. The summed E-state index contributed by atoms with van der Waals surface area (Å²) in [4.78, 5) is 3.11. The Balaban J connectivity index is 3.49. The molecule has 8 heteroatoms. The van der Waals surface area contributed by atoms with Crippen molar-refractivity contribution in [3.05, 3.63) is 26.8 Å². The van der Waals surface area contributed by atoms with Crippen LogP contribution < -0.4 is 0 Å². The van der Waals surface area contributed by atoms with Gasteiger partial charge in [0.15, 0.2) is 5.82 Å². The van der Waals surface area contributed by atoms with Crippen LogP contribution in [-0.2, 0) is 6.18 Å². The molecule has 0 radical (unpaired) electrons. The number of pyridine rings is 1. The van der Waals surface area contributed by atoms with Crippen molar-refractivity contribution in [2.75, 3.05) is 0 Å². The zero-order chi connectivity index (χ0) is 11.8. The second kappa shape index (κ2) is 4.14. The Labute approximate surface area is 93.6 Å². The van der Waals surface area contributed by atoms with Crippen LogP contribution in [0.3, 0.4) is 0 Å². The monoisotopic (exact) mass is 341 g/mol. The lowest BCUT2D eigenvalue weighted by Crippen LogP contribution is -2.14. The van der Waals surface area contributed by atoms with Gasteiger partial charge in [0.2, 0.25) is 0 Å². The molecule has 0 unspecified atom stereocenters. The number of hydrogen-bond donors (Lipinski definition) is 0. The van der Waals surface area contributed by atoms with Gasteiger partial charge in [-0.3, -0.25) is 0 Å². The van der Waals surface area contributed by atoms with Crippen LogP contribution in [0.5, 0.6) is 0 Å². The summed E-state index contributed by atoms with van der Waals surface area (Å²) in [5.41, 5.74) is -3.39. The smallest absolute Gasteiger partial charge is 0.247 e. The first-order chi connectivity index (χ1) is 6.75. The van der Waals surface area contributed by atoms with Gasteiger partial charge in [0, 0.05) is 6.20 Å². The molecule has 15 heavy (non-hydrogen) atoms. The van der Waals surface area contributed by atoms with Gasteiger partial charge in [0.1, 0.15) is 9.26 Å². The summed E-state index contributed by atoms with van der Waals surface area (Å²) in [5.74, 6) is -1.76. The molecule has 0 aliphatic heterocycles. The van der Waals surface area contributed by atoms with Crippen LogP contribution in [0.15, 0.2) is 6.20 Å². The summed E-state index contributed by atoms with van der Waals surface area (Å²) >= 11 is 1.20. The van der Waals surface area contributed by atoms with Gasteiger partial charge in [-0.05, 0) is 22.6 Å². The molecule has 0 amide bonds. The molecule has 0 saturated heterocycles. The summed E-state index contributed by atoms with van der Waals surface area (Å²) in [6.07, 6.45) is -8.24. The molecular formula is C7H2F6IN. The Hall–Kier alpha value is -0.540. The van der Waals surface area contributed by atoms with Crippen molar-refractivity contribution < 1.29 is 26.3 Å². The lowest BCUT2D eigenvalue weighted by atomic mass is 10.1. The standard InChI is InChI=1S/C7H2F6IN/c8-4-3(7(11,12)13)2(5(9)10)1-15-6(4)14/h1,5H. The average Bonchev–Trinajstić information content (AvgIpc) is 2.06. The molecule has 0 saturated carbocycles. The van der Waals surface area contributed by atoms with Crippen molar-refractivity contribution in [2.45, 2.75) is 12.6 Å². The van der Waals surface area contributed by atoms with Crippen LogP contribution in [0, 0.1) is 9.52 Å². The zero-order valence-corrected chi connectivity index (χ0v) is 8.91. The fourth-order valence-electron chi connectivity index (χ4n) is 0.931. The highest BCUT2D eigenvalue weighted by atomic mass is 127. The summed E-state index contributed by atoms with van der Waals surface area (Å²) in [5, 5.41) is 0. The van der Waals surface area contributed by atoms with Gasteiger partial charge in [-0.15, -0.1) is 0 Å². The molecule has 0 aliphatic rings. The first-order valence-electron chi connectivity index (χ1n) is 3.44. The third kappa shape index (κ3) is 2.52. The van der Waals surface area contributed by atoms with Gasteiger partial charge in [-0.25, -0.2) is 18.2 Å². The molecular weight excluding hydrogens is 339 g/mol. The summed E-state index contributed by atoms with van der Waals surface area (Å²) in [7, 11) is 0. The van der Waals surface area contributed by atoms with E-state index in [0.29, 0.717) is 6.20 Å². The van der Waals surface area contributed by atoms with Crippen LogP contribution >= 0.6 is 22.6 Å². The molecule has 0 bridgehead atoms. The zero-order valence-electron chi connectivity index (χ0n) is 6.75. The fraction of sp³-hybridized carbons (Fsp3) is 0.286. The van der Waals surface area contributed by atoms with Crippen molar-refractivity contribution in [2.24, 2.45) is 0 Å². The van der Waals surface area contributed by atoms with E-state index >= 15 is 0 Å².